The molecule has 0 spiro atoms. The van der Waals surface area contributed by atoms with Gasteiger partial charge in [-0.25, -0.2) is 4.79 Å². The summed E-state index contributed by atoms with van der Waals surface area (Å²) < 4.78 is 16.6. The summed E-state index contributed by atoms with van der Waals surface area (Å²) in [5.74, 6) is 2.56. The average Bonchev–Trinajstić information content (AvgIpc) is 3.19. The molecule has 28 heavy (non-hydrogen) atoms. The van der Waals surface area contributed by atoms with E-state index in [1.54, 1.807) is 7.11 Å². The zero-order chi connectivity index (χ0) is 19.8. The number of amides is 2. The van der Waals surface area contributed by atoms with Crippen molar-refractivity contribution in [2.75, 3.05) is 38.7 Å². The number of benzene rings is 2. The fourth-order valence-corrected chi connectivity index (χ4v) is 3.16. The van der Waals surface area contributed by atoms with Crippen molar-refractivity contribution < 1.29 is 19.0 Å². The van der Waals surface area contributed by atoms with Crippen molar-refractivity contribution in [1.82, 2.24) is 4.90 Å². The monoisotopic (exact) mass is 384 g/mol. The summed E-state index contributed by atoms with van der Waals surface area (Å²) in [6.07, 6.45) is 2.01. The first-order valence-corrected chi connectivity index (χ1v) is 9.73. The largest absolute Gasteiger partial charge is 0.497 e. The van der Waals surface area contributed by atoms with E-state index in [0.29, 0.717) is 17.4 Å². The van der Waals surface area contributed by atoms with E-state index in [-0.39, 0.29) is 6.03 Å². The Labute approximate surface area is 166 Å². The highest BCUT2D eigenvalue weighted by atomic mass is 16.5. The summed E-state index contributed by atoms with van der Waals surface area (Å²) in [7, 11) is 1.62. The van der Waals surface area contributed by atoms with Crippen LogP contribution in [0, 0.1) is 5.92 Å². The van der Waals surface area contributed by atoms with Crippen LogP contribution in [0.5, 0.6) is 17.2 Å². The second-order valence-corrected chi connectivity index (χ2v) is 6.91. The number of nitrogens with zero attached hydrogens (tertiary/aromatic N) is 1. The van der Waals surface area contributed by atoms with E-state index in [9.17, 15) is 4.79 Å². The van der Waals surface area contributed by atoms with Gasteiger partial charge in [-0.1, -0.05) is 13.0 Å². The molecule has 150 valence electrons. The van der Waals surface area contributed by atoms with Crippen molar-refractivity contribution >= 4 is 11.7 Å². The maximum atomic E-state index is 12.5. The molecule has 1 fully saturated rings. The zero-order valence-corrected chi connectivity index (χ0v) is 16.5. The van der Waals surface area contributed by atoms with Gasteiger partial charge in [0.25, 0.3) is 0 Å². The Morgan fingerprint density at radius 3 is 2.68 bits per heavy atom. The van der Waals surface area contributed by atoms with Crippen LogP contribution in [-0.2, 0) is 4.74 Å². The Hall–Kier alpha value is -2.73. The molecule has 0 aliphatic carbocycles. The molecule has 6 heteroatoms. The number of rotatable bonds is 8. The van der Waals surface area contributed by atoms with Gasteiger partial charge >= 0.3 is 6.03 Å². The van der Waals surface area contributed by atoms with E-state index >= 15 is 0 Å². The predicted octanol–water partition coefficient (Wildman–Crippen LogP) is 4.77. The minimum Gasteiger partial charge on any atom is -0.497 e. The summed E-state index contributed by atoms with van der Waals surface area (Å²) in [6.45, 7) is 5.12. The number of hydrogen-bond donors (Lipinski definition) is 1. The van der Waals surface area contributed by atoms with Gasteiger partial charge in [-0.2, -0.15) is 0 Å². The van der Waals surface area contributed by atoms with E-state index in [1.165, 1.54) is 0 Å². The minimum absolute atomic E-state index is 0.0699. The molecule has 2 aromatic rings. The van der Waals surface area contributed by atoms with Crippen molar-refractivity contribution in [1.29, 1.82) is 0 Å². The molecule has 0 aromatic heterocycles. The van der Waals surface area contributed by atoms with Gasteiger partial charge in [0, 0.05) is 37.4 Å². The number of hydrogen-bond acceptors (Lipinski definition) is 4. The molecule has 0 saturated carbocycles. The minimum atomic E-state index is -0.0699. The number of methoxy groups -OCH3 is 1. The standard InChI is InChI=1S/C22H28N2O4/c1-3-13-27-16-17-11-12-24(15-17)22(25)23-18-7-9-19(10-8-18)28-21-6-4-5-20(14-21)26-2/h4-10,14,17H,3,11-13,15-16H2,1-2H3,(H,23,25). The molecule has 0 bridgehead atoms. The quantitative estimate of drug-likeness (QED) is 0.666. The number of urea groups is 1. The topological polar surface area (TPSA) is 60.0 Å². The highest BCUT2D eigenvalue weighted by Crippen LogP contribution is 2.26. The van der Waals surface area contributed by atoms with Crippen molar-refractivity contribution in [3.8, 4) is 17.2 Å². The molecule has 1 aliphatic rings. The van der Waals surface area contributed by atoms with E-state index < -0.39 is 0 Å². The van der Waals surface area contributed by atoms with Crippen molar-refractivity contribution in [3.63, 3.8) is 0 Å². The Bertz CT molecular complexity index is 763. The van der Waals surface area contributed by atoms with Crippen LogP contribution >= 0.6 is 0 Å². The smallest absolute Gasteiger partial charge is 0.321 e. The van der Waals surface area contributed by atoms with Crippen LogP contribution in [0.3, 0.4) is 0 Å². The molecule has 1 unspecified atom stereocenters. The number of anilines is 1. The lowest BCUT2D eigenvalue weighted by atomic mass is 10.1. The molecule has 1 heterocycles. The van der Waals surface area contributed by atoms with Crippen LogP contribution in [0.15, 0.2) is 48.5 Å². The number of ether oxygens (including phenoxy) is 3. The lowest BCUT2D eigenvalue weighted by molar-refractivity contribution is 0.103. The van der Waals surface area contributed by atoms with Crippen LogP contribution in [0.2, 0.25) is 0 Å². The number of carbonyl (C=O) groups is 1. The van der Waals surface area contributed by atoms with Crippen LogP contribution < -0.4 is 14.8 Å². The van der Waals surface area contributed by atoms with Gasteiger partial charge < -0.3 is 24.4 Å². The van der Waals surface area contributed by atoms with Crippen LogP contribution in [0.25, 0.3) is 0 Å². The number of carbonyl (C=O) groups excluding carboxylic acids is 1. The summed E-state index contributed by atoms with van der Waals surface area (Å²) in [4.78, 5) is 14.3. The molecular weight excluding hydrogens is 356 g/mol. The van der Waals surface area contributed by atoms with Gasteiger partial charge in [-0.05, 0) is 49.2 Å². The van der Waals surface area contributed by atoms with Crippen LogP contribution in [0.4, 0.5) is 10.5 Å². The first-order valence-electron chi connectivity index (χ1n) is 9.73. The molecule has 1 aliphatic heterocycles. The molecule has 6 nitrogen and oxygen atoms in total. The fraction of sp³-hybridized carbons (Fsp3) is 0.409. The Kier molecular flexibility index (Phi) is 7.14. The first kappa shape index (κ1) is 20.0. The first-order chi connectivity index (χ1) is 13.7. The second kappa shape index (κ2) is 9.99. The molecule has 1 N–H and O–H groups in total. The summed E-state index contributed by atoms with van der Waals surface area (Å²) >= 11 is 0. The van der Waals surface area contributed by atoms with Gasteiger partial charge in [0.05, 0.1) is 13.7 Å². The highest BCUT2D eigenvalue weighted by Gasteiger charge is 2.26. The van der Waals surface area contributed by atoms with Crippen LogP contribution in [-0.4, -0.2) is 44.3 Å². The maximum Gasteiger partial charge on any atom is 0.321 e. The number of nitrogens with one attached hydrogen (secondary N) is 1. The second-order valence-electron chi connectivity index (χ2n) is 6.91. The lowest BCUT2D eigenvalue weighted by Gasteiger charge is -2.17. The normalized spacial score (nSPS) is 16.1. The third-order valence-corrected chi connectivity index (χ3v) is 4.66. The predicted molar refractivity (Wildman–Crippen MR) is 109 cm³/mol. The van der Waals surface area contributed by atoms with E-state index in [4.69, 9.17) is 14.2 Å². The Balaban J connectivity index is 1.49. The summed E-state index contributed by atoms with van der Waals surface area (Å²) in [6, 6.07) is 14.7. The van der Waals surface area contributed by atoms with E-state index in [1.807, 2.05) is 53.4 Å². The van der Waals surface area contributed by atoms with Crippen molar-refractivity contribution in [2.45, 2.75) is 19.8 Å². The molecule has 2 amide bonds. The fourth-order valence-electron chi connectivity index (χ4n) is 3.16. The van der Waals surface area contributed by atoms with Gasteiger partial charge in [-0.15, -0.1) is 0 Å². The lowest BCUT2D eigenvalue weighted by Crippen LogP contribution is -2.33. The van der Waals surface area contributed by atoms with Gasteiger partial charge in [0.2, 0.25) is 0 Å². The Morgan fingerprint density at radius 1 is 1.14 bits per heavy atom. The molecule has 1 saturated heterocycles. The molecular formula is C22H28N2O4. The molecule has 2 aromatic carbocycles. The zero-order valence-electron chi connectivity index (χ0n) is 16.5. The SMILES string of the molecule is CCCOCC1CCN(C(=O)Nc2ccc(Oc3cccc(OC)c3)cc2)C1. The summed E-state index contributed by atoms with van der Waals surface area (Å²) in [5, 5.41) is 2.95. The van der Waals surface area contributed by atoms with Crippen molar-refractivity contribution in [2.24, 2.45) is 5.92 Å². The van der Waals surface area contributed by atoms with Gasteiger partial charge in [-0.3, -0.25) is 0 Å². The Morgan fingerprint density at radius 2 is 1.93 bits per heavy atom. The van der Waals surface area contributed by atoms with Gasteiger partial charge in [0.15, 0.2) is 0 Å². The van der Waals surface area contributed by atoms with E-state index in [0.717, 1.165) is 50.6 Å². The number of likely N-dealkylation sites (tertiary alicyclic amines) is 1. The highest BCUT2D eigenvalue weighted by molar-refractivity contribution is 5.89. The van der Waals surface area contributed by atoms with Gasteiger partial charge in [0.1, 0.15) is 17.2 Å². The third kappa shape index (κ3) is 5.63. The van der Waals surface area contributed by atoms with E-state index in [2.05, 4.69) is 12.2 Å². The molecule has 1 atom stereocenters. The van der Waals surface area contributed by atoms with Crippen molar-refractivity contribution in [3.05, 3.63) is 48.5 Å². The average molecular weight is 384 g/mol. The third-order valence-electron chi connectivity index (χ3n) is 4.66. The molecule has 0 radical (unpaired) electrons. The maximum absolute atomic E-state index is 12.5. The summed E-state index contributed by atoms with van der Waals surface area (Å²) in [5.41, 5.74) is 0.744. The molecule has 3 rings (SSSR count). The van der Waals surface area contributed by atoms with Crippen LogP contribution in [0.1, 0.15) is 19.8 Å².